The number of amides is 1. The van der Waals surface area contributed by atoms with Crippen LogP contribution >= 0.6 is 0 Å². The van der Waals surface area contributed by atoms with Crippen molar-refractivity contribution in [2.75, 3.05) is 13.1 Å². The Bertz CT molecular complexity index is 450. The highest BCUT2D eigenvalue weighted by Crippen LogP contribution is 2.23. The van der Waals surface area contributed by atoms with E-state index in [1.807, 2.05) is 4.90 Å². The van der Waals surface area contributed by atoms with Gasteiger partial charge >= 0.3 is 6.36 Å². The van der Waals surface area contributed by atoms with Crippen LogP contribution in [0.25, 0.3) is 0 Å². The fraction of sp³-hybridized carbons (Fsp3) is 0.500. The van der Waals surface area contributed by atoms with E-state index in [2.05, 4.69) is 4.74 Å². The van der Waals surface area contributed by atoms with E-state index >= 15 is 0 Å². The molecule has 1 amide bonds. The maximum atomic E-state index is 12.0. The minimum atomic E-state index is -4.69. The number of nitrogens with zero attached hydrogens (tertiary/aromatic N) is 1. The topological polar surface area (TPSA) is 29.5 Å². The van der Waals surface area contributed by atoms with E-state index in [0.717, 1.165) is 32.4 Å². The number of carbonyl (C=O) groups is 1. The van der Waals surface area contributed by atoms with Crippen molar-refractivity contribution in [1.82, 2.24) is 4.90 Å². The van der Waals surface area contributed by atoms with E-state index in [1.165, 1.54) is 24.3 Å². The van der Waals surface area contributed by atoms with Crippen molar-refractivity contribution in [3.63, 3.8) is 0 Å². The molecule has 0 unspecified atom stereocenters. The lowest BCUT2D eigenvalue weighted by Crippen LogP contribution is -2.36. The molecule has 20 heavy (non-hydrogen) atoms. The molecule has 110 valence electrons. The Labute approximate surface area is 115 Å². The Morgan fingerprint density at radius 3 is 2.25 bits per heavy atom. The number of carbonyl (C=O) groups excluding carboxylic acids is 1. The highest BCUT2D eigenvalue weighted by atomic mass is 19.4. The predicted molar refractivity (Wildman–Crippen MR) is 67.3 cm³/mol. The average Bonchev–Trinajstić information content (AvgIpc) is 2.40. The number of alkyl halides is 3. The number of halogens is 3. The minimum absolute atomic E-state index is 0.0224. The lowest BCUT2D eigenvalue weighted by atomic mass is 10.1. The van der Waals surface area contributed by atoms with Gasteiger partial charge in [-0.05, 0) is 37.0 Å². The summed E-state index contributed by atoms with van der Waals surface area (Å²) < 4.78 is 39.8. The molecule has 1 fully saturated rings. The first kappa shape index (κ1) is 14.7. The van der Waals surface area contributed by atoms with Crippen molar-refractivity contribution in [2.45, 2.75) is 32.0 Å². The van der Waals surface area contributed by atoms with Gasteiger partial charge < -0.3 is 9.64 Å². The Kier molecular flexibility index (Phi) is 4.52. The molecule has 0 radical (unpaired) electrons. The van der Waals surface area contributed by atoms with E-state index < -0.39 is 6.36 Å². The second kappa shape index (κ2) is 6.15. The van der Waals surface area contributed by atoms with Gasteiger partial charge in [-0.1, -0.05) is 12.1 Å². The maximum Gasteiger partial charge on any atom is 0.573 e. The third kappa shape index (κ3) is 4.43. The predicted octanol–water partition coefficient (Wildman–Crippen LogP) is 3.14. The van der Waals surface area contributed by atoms with Gasteiger partial charge in [-0.2, -0.15) is 0 Å². The summed E-state index contributed by atoms with van der Waals surface area (Å²) in [7, 11) is 0. The van der Waals surface area contributed by atoms with Gasteiger partial charge in [0, 0.05) is 13.1 Å². The zero-order valence-corrected chi connectivity index (χ0v) is 10.9. The third-order valence-electron chi connectivity index (χ3n) is 3.22. The summed E-state index contributed by atoms with van der Waals surface area (Å²) in [4.78, 5) is 13.8. The molecule has 1 aliphatic rings. The average molecular weight is 287 g/mol. The molecular formula is C14H16F3NO2. The lowest BCUT2D eigenvalue weighted by molar-refractivity contribution is -0.274. The fourth-order valence-electron chi connectivity index (χ4n) is 2.24. The number of hydrogen-bond acceptors (Lipinski definition) is 2. The Morgan fingerprint density at radius 2 is 1.70 bits per heavy atom. The molecule has 0 bridgehead atoms. The Hall–Kier alpha value is -1.72. The number of piperidine rings is 1. The molecule has 2 rings (SSSR count). The van der Waals surface area contributed by atoms with Crippen LogP contribution in [0.3, 0.4) is 0 Å². The monoisotopic (exact) mass is 287 g/mol. The SMILES string of the molecule is O=C(Cc1ccc(OC(F)(F)F)cc1)N1CCCCC1. The summed E-state index contributed by atoms with van der Waals surface area (Å²) in [5.74, 6) is -0.249. The fourth-order valence-corrected chi connectivity index (χ4v) is 2.24. The smallest absolute Gasteiger partial charge is 0.406 e. The zero-order valence-electron chi connectivity index (χ0n) is 10.9. The van der Waals surface area contributed by atoms with Crippen LogP contribution in [-0.2, 0) is 11.2 Å². The van der Waals surface area contributed by atoms with Gasteiger partial charge in [-0.15, -0.1) is 13.2 Å². The number of ether oxygens (including phenoxy) is 1. The quantitative estimate of drug-likeness (QED) is 0.854. The van der Waals surface area contributed by atoms with Crippen molar-refractivity contribution in [3.05, 3.63) is 29.8 Å². The van der Waals surface area contributed by atoms with Gasteiger partial charge in [0.2, 0.25) is 5.91 Å². The summed E-state index contributed by atoms with van der Waals surface area (Å²) in [6.45, 7) is 1.54. The van der Waals surface area contributed by atoms with Crippen LogP contribution in [0.1, 0.15) is 24.8 Å². The van der Waals surface area contributed by atoms with Crippen molar-refractivity contribution < 1.29 is 22.7 Å². The van der Waals surface area contributed by atoms with Crippen molar-refractivity contribution in [1.29, 1.82) is 0 Å². The standard InChI is InChI=1S/C14H16F3NO2/c15-14(16,17)20-12-6-4-11(5-7-12)10-13(19)18-8-2-1-3-9-18/h4-7H,1-3,8-10H2. The molecule has 0 saturated carbocycles. The third-order valence-corrected chi connectivity index (χ3v) is 3.22. The van der Waals surface area contributed by atoms with E-state index in [9.17, 15) is 18.0 Å². The summed E-state index contributed by atoms with van der Waals surface area (Å²) in [5.41, 5.74) is 0.690. The molecule has 3 nitrogen and oxygen atoms in total. The molecule has 0 aromatic heterocycles. The molecule has 1 aromatic rings. The van der Waals surface area contributed by atoms with Gasteiger partial charge in [-0.25, -0.2) is 0 Å². The molecule has 1 aliphatic heterocycles. The van der Waals surface area contributed by atoms with Gasteiger partial charge in [0.15, 0.2) is 0 Å². The van der Waals surface area contributed by atoms with E-state index in [-0.39, 0.29) is 18.1 Å². The summed E-state index contributed by atoms with van der Waals surface area (Å²) in [5, 5.41) is 0. The Morgan fingerprint density at radius 1 is 1.10 bits per heavy atom. The van der Waals surface area contributed by atoms with E-state index in [1.54, 1.807) is 0 Å². The van der Waals surface area contributed by atoms with Crippen molar-refractivity contribution in [3.8, 4) is 5.75 Å². The van der Waals surface area contributed by atoms with Crippen LogP contribution < -0.4 is 4.74 Å². The van der Waals surface area contributed by atoms with Crippen LogP contribution in [-0.4, -0.2) is 30.3 Å². The molecule has 0 N–H and O–H groups in total. The number of benzene rings is 1. The summed E-state index contributed by atoms with van der Waals surface area (Å²) in [6.07, 6.45) is -1.29. The van der Waals surface area contributed by atoms with E-state index in [0.29, 0.717) is 5.56 Å². The van der Waals surface area contributed by atoms with Crippen LogP contribution in [0.5, 0.6) is 5.75 Å². The van der Waals surface area contributed by atoms with Gasteiger partial charge in [0.1, 0.15) is 5.75 Å². The molecule has 6 heteroatoms. The van der Waals surface area contributed by atoms with Crippen molar-refractivity contribution in [2.24, 2.45) is 0 Å². The second-order valence-electron chi connectivity index (χ2n) is 4.81. The zero-order chi connectivity index (χ0) is 14.6. The van der Waals surface area contributed by atoms with Crippen LogP contribution in [0.15, 0.2) is 24.3 Å². The first-order valence-electron chi connectivity index (χ1n) is 6.56. The number of rotatable bonds is 3. The van der Waals surface area contributed by atoms with Crippen LogP contribution in [0, 0.1) is 0 Å². The normalized spacial score (nSPS) is 16.1. The molecule has 0 atom stereocenters. The summed E-state index contributed by atoms with van der Waals surface area (Å²) >= 11 is 0. The van der Waals surface area contributed by atoms with Crippen LogP contribution in [0.4, 0.5) is 13.2 Å². The summed E-state index contributed by atoms with van der Waals surface area (Å²) in [6, 6.07) is 5.43. The molecule has 0 spiro atoms. The largest absolute Gasteiger partial charge is 0.573 e. The maximum absolute atomic E-state index is 12.0. The van der Waals surface area contributed by atoms with Gasteiger partial charge in [-0.3, -0.25) is 4.79 Å². The highest BCUT2D eigenvalue weighted by molar-refractivity contribution is 5.78. The van der Waals surface area contributed by atoms with Crippen LogP contribution in [0.2, 0.25) is 0 Å². The number of hydrogen-bond donors (Lipinski definition) is 0. The minimum Gasteiger partial charge on any atom is -0.406 e. The molecule has 1 saturated heterocycles. The first-order valence-corrected chi connectivity index (χ1v) is 6.56. The second-order valence-corrected chi connectivity index (χ2v) is 4.81. The highest BCUT2D eigenvalue weighted by Gasteiger charge is 2.31. The molecule has 1 aromatic carbocycles. The van der Waals surface area contributed by atoms with Crippen molar-refractivity contribution >= 4 is 5.91 Å². The molecular weight excluding hydrogens is 271 g/mol. The van der Waals surface area contributed by atoms with Gasteiger partial charge in [0.25, 0.3) is 0 Å². The number of likely N-dealkylation sites (tertiary alicyclic amines) is 1. The van der Waals surface area contributed by atoms with E-state index in [4.69, 9.17) is 0 Å². The molecule has 1 heterocycles. The molecule has 0 aliphatic carbocycles. The van der Waals surface area contributed by atoms with Gasteiger partial charge in [0.05, 0.1) is 6.42 Å². The lowest BCUT2D eigenvalue weighted by Gasteiger charge is -2.26. The Balaban J connectivity index is 1.91. The first-order chi connectivity index (χ1) is 9.44.